The fourth-order valence-electron chi connectivity index (χ4n) is 2.84. The molecule has 1 heterocycles. The van der Waals surface area contributed by atoms with E-state index in [0.717, 1.165) is 5.56 Å². The van der Waals surface area contributed by atoms with Crippen LogP contribution in [0.15, 0.2) is 48.5 Å². The highest BCUT2D eigenvalue weighted by molar-refractivity contribution is 6.60. The van der Waals surface area contributed by atoms with Crippen LogP contribution in [0.5, 0.6) is 0 Å². The number of carbonyl (C=O) groups excluding carboxylic acids is 2. The van der Waals surface area contributed by atoms with Crippen LogP contribution in [0.4, 0.5) is 0 Å². The second-order valence-corrected chi connectivity index (χ2v) is 8.02. The molecule has 0 saturated carbocycles. The molecule has 2 aromatic carbocycles. The number of rotatable bonds is 6. The van der Waals surface area contributed by atoms with E-state index in [1.54, 1.807) is 76.2 Å². The lowest BCUT2D eigenvalue weighted by molar-refractivity contribution is -0.0982. The van der Waals surface area contributed by atoms with Crippen molar-refractivity contribution in [1.82, 2.24) is 4.90 Å². The Kier molecular flexibility index (Phi) is 5.19. The Morgan fingerprint density at radius 2 is 1.43 bits per heavy atom. The Morgan fingerprint density at radius 3 is 1.89 bits per heavy atom. The predicted molar refractivity (Wildman–Crippen MR) is 106 cm³/mol. The molecule has 6 nitrogen and oxygen atoms in total. The van der Waals surface area contributed by atoms with Gasteiger partial charge in [0.1, 0.15) is 0 Å². The number of hydrogen-bond donors (Lipinski definition) is 2. The molecule has 0 radical (unpaired) electrons. The summed E-state index contributed by atoms with van der Waals surface area (Å²) >= 11 is 0. The van der Waals surface area contributed by atoms with Crippen molar-refractivity contribution in [3.63, 3.8) is 0 Å². The first kappa shape index (κ1) is 20.3. The van der Waals surface area contributed by atoms with Crippen molar-refractivity contribution in [2.24, 2.45) is 0 Å². The molecule has 7 heteroatoms. The molecule has 0 saturated heterocycles. The van der Waals surface area contributed by atoms with E-state index in [-0.39, 0.29) is 18.4 Å². The minimum Gasteiger partial charge on any atom is -0.423 e. The van der Waals surface area contributed by atoms with Crippen molar-refractivity contribution in [3.8, 4) is 0 Å². The zero-order valence-electron chi connectivity index (χ0n) is 16.5. The number of hydrogen-bond acceptors (Lipinski definition) is 5. The van der Waals surface area contributed by atoms with Gasteiger partial charge in [-0.1, -0.05) is 36.4 Å². The summed E-state index contributed by atoms with van der Waals surface area (Å²) in [6, 6.07) is 13.6. The minimum absolute atomic E-state index is 0.152. The molecule has 0 aliphatic carbocycles. The van der Waals surface area contributed by atoms with Gasteiger partial charge in [0.2, 0.25) is 0 Å². The fraction of sp³-hybridized carbons (Fsp3) is 0.333. The van der Waals surface area contributed by atoms with Gasteiger partial charge in [-0.25, -0.2) is 0 Å². The van der Waals surface area contributed by atoms with Crippen LogP contribution < -0.4 is 5.46 Å². The Morgan fingerprint density at radius 1 is 0.929 bits per heavy atom. The molecule has 2 N–H and O–H groups in total. The van der Waals surface area contributed by atoms with E-state index in [0.29, 0.717) is 16.6 Å². The smallest absolute Gasteiger partial charge is 0.423 e. The Bertz CT molecular complexity index is 867. The molecule has 28 heavy (non-hydrogen) atoms. The average Bonchev–Trinajstić information content (AvgIpc) is 2.86. The number of amides is 2. The molecule has 1 aliphatic heterocycles. The highest BCUT2D eigenvalue weighted by Crippen LogP contribution is 2.26. The molecule has 0 fully saturated rings. The van der Waals surface area contributed by atoms with Crippen LogP contribution in [-0.4, -0.2) is 45.2 Å². The third-order valence-electron chi connectivity index (χ3n) is 5.36. The SMILES string of the molecule is CC(C)(O)C(C)(C)OB(O)c1ccc(CN2C(=O)c3ccccc3C2=O)cc1. The first-order chi connectivity index (χ1) is 13.0. The van der Waals surface area contributed by atoms with E-state index in [9.17, 15) is 19.7 Å². The van der Waals surface area contributed by atoms with E-state index in [1.807, 2.05) is 0 Å². The van der Waals surface area contributed by atoms with Crippen LogP contribution in [0, 0.1) is 0 Å². The average molecular weight is 381 g/mol. The molecule has 2 amide bonds. The maximum atomic E-state index is 12.5. The summed E-state index contributed by atoms with van der Waals surface area (Å²) in [5.74, 6) is -0.611. The van der Waals surface area contributed by atoms with Crippen LogP contribution in [0.2, 0.25) is 0 Å². The molecule has 0 unspecified atom stereocenters. The van der Waals surface area contributed by atoms with E-state index >= 15 is 0 Å². The third kappa shape index (κ3) is 3.74. The number of nitrogens with zero attached hydrogens (tertiary/aromatic N) is 1. The van der Waals surface area contributed by atoms with E-state index in [4.69, 9.17) is 4.65 Å². The molecule has 2 aromatic rings. The molecule has 0 atom stereocenters. The van der Waals surface area contributed by atoms with Crippen molar-refractivity contribution in [3.05, 3.63) is 65.2 Å². The van der Waals surface area contributed by atoms with Crippen LogP contribution in [-0.2, 0) is 11.2 Å². The summed E-state index contributed by atoms with van der Waals surface area (Å²) < 4.78 is 5.62. The zero-order valence-corrected chi connectivity index (χ0v) is 16.5. The second-order valence-electron chi connectivity index (χ2n) is 8.02. The number of aliphatic hydroxyl groups is 1. The molecular formula is C21H24BNO5. The quantitative estimate of drug-likeness (QED) is 0.588. The highest BCUT2D eigenvalue weighted by atomic mass is 16.5. The summed E-state index contributed by atoms with van der Waals surface area (Å²) in [4.78, 5) is 26.1. The van der Waals surface area contributed by atoms with E-state index in [2.05, 4.69) is 0 Å². The van der Waals surface area contributed by atoms with Crippen molar-refractivity contribution in [2.45, 2.75) is 45.4 Å². The van der Waals surface area contributed by atoms with E-state index < -0.39 is 18.3 Å². The lowest BCUT2D eigenvalue weighted by Crippen LogP contribution is -2.53. The van der Waals surface area contributed by atoms with Gasteiger partial charge in [0.25, 0.3) is 11.8 Å². The molecule has 146 valence electrons. The second kappa shape index (κ2) is 7.16. The van der Waals surface area contributed by atoms with Gasteiger partial charge in [-0.2, -0.15) is 0 Å². The summed E-state index contributed by atoms with van der Waals surface area (Å²) in [6.45, 7) is 6.79. The zero-order chi connectivity index (χ0) is 20.7. The van der Waals surface area contributed by atoms with Gasteiger partial charge < -0.3 is 14.8 Å². The van der Waals surface area contributed by atoms with Gasteiger partial charge in [-0.15, -0.1) is 0 Å². The van der Waals surface area contributed by atoms with Crippen LogP contribution >= 0.6 is 0 Å². The number of fused-ring (bicyclic) bond motifs is 1. The molecular weight excluding hydrogens is 357 g/mol. The topological polar surface area (TPSA) is 87.1 Å². The van der Waals surface area contributed by atoms with Gasteiger partial charge in [0.05, 0.1) is 28.9 Å². The molecule has 0 spiro atoms. The number of benzene rings is 2. The number of carbonyl (C=O) groups is 2. The summed E-state index contributed by atoms with van der Waals surface area (Å²) in [6.07, 6.45) is 0. The monoisotopic (exact) mass is 381 g/mol. The lowest BCUT2D eigenvalue weighted by Gasteiger charge is -2.38. The highest BCUT2D eigenvalue weighted by Gasteiger charge is 2.39. The first-order valence-electron chi connectivity index (χ1n) is 9.13. The van der Waals surface area contributed by atoms with E-state index in [1.165, 1.54) is 4.90 Å². The van der Waals surface area contributed by atoms with Gasteiger partial charge in [-0.05, 0) is 50.9 Å². The number of imide groups is 1. The van der Waals surface area contributed by atoms with Gasteiger partial charge >= 0.3 is 7.12 Å². The molecule has 3 rings (SSSR count). The lowest BCUT2D eigenvalue weighted by atomic mass is 9.76. The molecule has 0 aromatic heterocycles. The minimum atomic E-state index is -1.21. The largest absolute Gasteiger partial charge is 0.491 e. The normalized spacial score (nSPS) is 14.4. The van der Waals surface area contributed by atoms with Gasteiger partial charge in [0.15, 0.2) is 0 Å². The van der Waals surface area contributed by atoms with Crippen molar-refractivity contribution in [1.29, 1.82) is 0 Å². The van der Waals surface area contributed by atoms with Crippen molar-refractivity contribution < 1.29 is 24.4 Å². The van der Waals surface area contributed by atoms with Crippen LogP contribution in [0.1, 0.15) is 54.0 Å². The standard InChI is InChI=1S/C21H24BNO5/c1-20(2,26)21(3,4)28-22(27)15-11-9-14(10-12-15)13-23-18(24)16-7-5-6-8-17(16)19(23)25/h5-12,26-27H,13H2,1-4H3. The Hall–Kier alpha value is -2.48. The Labute approximate surface area is 164 Å². The third-order valence-corrected chi connectivity index (χ3v) is 5.36. The van der Waals surface area contributed by atoms with Crippen molar-refractivity contribution in [2.75, 3.05) is 0 Å². The molecule has 1 aliphatic rings. The maximum Gasteiger partial charge on any atom is 0.491 e. The van der Waals surface area contributed by atoms with Crippen LogP contribution in [0.25, 0.3) is 0 Å². The maximum absolute atomic E-state index is 12.5. The van der Waals surface area contributed by atoms with Crippen molar-refractivity contribution >= 4 is 24.4 Å². The molecule has 0 bridgehead atoms. The van der Waals surface area contributed by atoms with Gasteiger partial charge in [-0.3, -0.25) is 14.5 Å². The summed E-state index contributed by atoms with van der Waals surface area (Å²) in [5.41, 5.74) is 0.00390. The first-order valence-corrected chi connectivity index (χ1v) is 9.13. The fourth-order valence-corrected chi connectivity index (χ4v) is 2.84. The summed E-state index contributed by atoms with van der Waals surface area (Å²) in [7, 11) is -1.21. The predicted octanol–water partition coefficient (Wildman–Crippen LogP) is 1.74. The Balaban J connectivity index is 1.70. The summed E-state index contributed by atoms with van der Waals surface area (Å²) in [5, 5.41) is 20.5. The van der Waals surface area contributed by atoms with Crippen LogP contribution in [0.3, 0.4) is 0 Å². The van der Waals surface area contributed by atoms with Gasteiger partial charge in [0, 0.05) is 0 Å².